The van der Waals surface area contributed by atoms with Crippen LogP contribution in [-0.2, 0) is 15.1 Å². The fraction of sp³-hybridized carbons (Fsp3) is 0.304. The molecule has 7 nitrogen and oxygen atoms in total. The van der Waals surface area contributed by atoms with Crippen molar-refractivity contribution in [1.29, 1.82) is 0 Å². The van der Waals surface area contributed by atoms with Crippen LogP contribution in [0.1, 0.15) is 25.3 Å². The fourth-order valence-corrected chi connectivity index (χ4v) is 5.04. The van der Waals surface area contributed by atoms with Crippen LogP contribution in [0.3, 0.4) is 0 Å². The van der Waals surface area contributed by atoms with Gasteiger partial charge in [-0.15, -0.1) is 0 Å². The zero-order valence-corrected chi connectivity index (χ0v) is 18.8. The monoisotopic (exact) mass is 474 g/mol. The summed E-state index contributed by atoms with van der Waals surface area (Å²) in [5, 5.41) is 25.9. The Bertz CT molecular complexity index is 1220. The van der Waals surface area contributed by atoms with Gasteiger partial charge in [0.05, 0.1) is 18.9 Å². The number of carbonyl (C=O) groups is 2. The molecule has 1 saturated carbocycles. The van der Waals surface area contributed by atoms with Crippen molar-refractivity contribution in [1.82, 2.24) is 0 Å². The first-order valence-corrected chi connectivity index (χ1v) is 10.8. The third kappa shape index (κ3) is 2.65. The number of anilines is 2. The number of hydrogen-bond acceptors (Lipinski definition) is 5. The van der Waals surface area contributed by atoms with E-state index in [2.05, 4.69) is 5.32 Å². The number of fused-ring (bicyclic) bond motifs is 2. The standard InChI is InChI=1S/C23H20Cl2N2O5/c1-22(7-8-22)19(29)17-18(28)20(30)27(15-10-12(25)4-6-16(15)32-2)23(17)13-5-3-11(24)9-14(13)26-21(23)31/h3-6,9-10,19,28-29H,7-8H2,1-2H3,(H,26,31). The highest BCUT2D eigenvalue weighted by atomic mass is 35.5. The molecule has 2 unspecified atom stereocenters. The zero-order chi connectivity index (χ0) is 23.0. The molecule has 5 rings (SSSR count). The SMILES string of the molecule is COc1ccc(Cl)cc1N1C(=O)C(O)=C(C(O)C2(C)CC2)C12C(=O)Nc1cc(Cl)ccc12. The second kappa shape index (κ2) is 6.88. The molecular formula is C23H20Cl2N2O5. The summed E-state index contributed by atoms with van der Waals surface area (Å²) in [6.45, 7) is 1.86. The lowest BCUT2D eigenvalue weighted by Crippen LogP contribution is -2.53. The van der Waals surface area contributed by atoms with E-state index in [1.807, 2.05) is 6.92 Å². The Morgan fingerprint density at radius 3 is 2.44 bits per heavy atom. The number of nitrogens with one attached hydrogen (secondary N) is 1. The van der Waals surface area contributed by atoms with Gasteiger partial charge in [-0.2, -0.15) is 0 Å². The molecule has 2 heterocycles. The van der Waals surface area contributed by atoms with Crippen molar-refractivity contribution in [3.05, 3.63) is 63.3 Å². The van der Waals surface area contributed by atoms with Crippen LogP contribution < -0.4 is 15.0 Å². The fourth-order valence-electron chi connectivity index (χ4n) is 4.70. The largest absolute Gasteiger partial charge is 0.503 e. The smallest absolute Gasteiger partial charge is 0.294 e. The molecule has 2 amide bonds. The summed E-state index contributed by atoms with van der Waals surface area (Å²) in [7, 11) is 1.43. The first kappa shape index (κ1) is 21.1. The highest BCUT2D eigenvalue weighted by molar-refractivity contribution is 6.32. The molecule has 3 N–H and O–H groups in total. The minimum atomic E-state index is -1.83. The predicted octanol–water partition coefficient (Wildman–Crippen LogP) is 4.17. The Labute approximate surface area is 194 Å². The molecular weight excluding hydrogens is 455 g/mol. The summed E-state index contributed by atoms with van der Waals surface area (Å²) in [5.74, 6) is -1.81. The number of benzene rings is 2. The molecule has 0 bridgehead atoms. The van der Waals surface area contributed by atoms with E-state index in [-0.39, 0.29) is 17.0 Å². The van der Waals surface area contributed by atoms with Gasteiger partial charge in [0.15, 0.2) is 11.3 Å². The molecule has 2 aliphatic heterocycles. The molecule has 0 saturated heterocycles. The number of amides is 2. The number of aliphatic hydroxyl groups is 2. The van der Waals surface area contributed by atoms with Crippen molar-refractivity contribution in [3.8, 4) is 5.75 Å². The number of halogens is 2. The van der Waals surface area contributed by atoms with E-state index in [0.717, 1.165) is 4.90 Å². The summed E-state index contributed by atoms with van der Waals surface area (Å²) in [6, 6.07) is 9.43. The van der Waals surface area contributed by atoms with E-state index in [1.165, 1.54) is 13.2 Å². The summed E-state index contributed by atoms with van der Waals surface area (Å²) < 4.78 is 5.45. The Balaban J connectivity index is 1.85. The van der Waals surface area contributed by atoms with Crippen LogP contribution in [0, 0.1) is 5.41 Å². The maximum atomic E-state index is 13.7. The third-order valence-corrected chi connectivity index (χ3v) is 7.16. The number of nitrogens with zero attached hydrogens (tertiary/aromatic N) is 1. The van der Waals surface area contributed by atoms with Crippen molar-refractivity contribution in [2.24, 2.45) is 5.41 Å². The normalized spacial score (nSPS) is 24.1. The summed E-state index contributed by atoms with van der Waals surface area (Å²) in [4.78, 5) is 28.4. The highest BCUT2D eigenvalue weighted by Crippen LogP contribution is 2.60. The molecule has 9 heteroatoms. The molecule has 3 aliphatic rings. The first-order valence-electron chi connectivity index (χ1n) is 10.1. The molecule has 2 aromatic rings. The first-order chi connectivity index (χ1) is 15.1. The van der Waals surface area contributed by atoms with Crippen LogP contribution in [-0.4, -0.2) is 35.2 Å². The average molecular weight is 475 g/mol. The molecule has 1 fully saturated rings. The number of rotatable bonds is 4. The quantitative estimate of drug-likeness (QED) is 0.617. The van der Waals surface area contributed by atoms with Gasteiger partial charge in [-0.25, -0.2) is 0 Å². The molecule has 1 spiro atoms. The van der Waals surface area contributed by atoms with Crippen LogP contribution in [0.5, 0.6) is 5.75 Å². The molecule has 32 heavy (non-hydrogen) atoms. The van der Waals surface area contributed by atoms with Crippen LogP contribution in [0.25, 0.3) is 0 Å². The van der Waals surface area contributed by atoms with Gasteiger partial charge in [0, 0.05) is 26.9 Å². The number of ether oxygens (including phenoxy) is 1. The highest BCUT2D eigenvalue weighted by Gasteiger charge is 2.67. The maximum Gasteiger partial charge on any atom is 0.294 e. The van der Waals surface area contributed by atoms with E-state index in [4.69, 9.17) is 27.9 Å². The Morgan fingerprint density at radius 1 is 1.12 bits per heavy atom. The van der Waals surface area contributed by atoms with Crippen molar-refractivity contribution < 1.29 is 24.5 Å². The van der Waals surface area contributed by atoms with E-state index in [1.54, 1.807) is 30.3 Å². The molecule has 2 aromatic carbocycles. The lowest BCUT2D eigenvalue weighted by molar-refractivity contribution is -0.123. The van der Waals surface area contributed by atoms with Crippen molar-refractivity contribution in [2.75, 3.05) is 17.3 Å². The maximum absolute atomic E-state index is 13.7. The predicted molar refractivity (Wildman–Crippen MR) is 120 cm³/mol. The topological polar surface area (TPSA) is 99.1 Å². The van der Waals surface area contributed by atoms with Crippen molar-refractivity contribution in [3.63, 3.8) is 0 Å². The van der Waals surface area contributed by atoms with Crippen LogP contribution in [0.15, 0.2) is 47.7 Å². The average Bonchev–Trinajstić information content (AvgIpc) is 3.38. The van der Waals surface area contributed by atoms with Gasteiger partial charge in [0.2, 0.25) is 0 Å². The summed E-state index contributed by atoms with van der Waals surface area (Å²) in [6.07, 6.45) is 0.171. The number of carbonyl (C=O) groups excluding carboxylic acids is 2. The molecule has 2 atom stereocenters. The Hall–Kier alpha value is -2.74. The third-order valence-electron chi connectivity index (χ3n) is 6.69. The molecule has 166 valence electrons. The number of hydrogen-bond donors (Lipinski definition) is 3. The minimum absolute atomic E-state index is 0.0527. The van der Waals surface area contributed by atoms with Gasteiger partial charge in [-0.3, -0.25) is 14.5 Å². The second-order valence-corrected chi connectivity index (χ2v) is 9.50. The van der Waals surface area contributed by atoms with E-state index in [9.17, 15) is 19.8 Å². The van der Waals surface area contributed by atoms with Gasteiger partial charge in [0.1, 0.15) is 5.75 Å². The lowest BCUT2D eigenvalue weighted by atomic mass is 9.77. The number of methoxy groups -OCH3 is 1. The van der Waals surface area contributed by atoms with Gasteiger partial charge >= 0.3 is 0 Å². The second-order valence-electron chi connectivity index (χ2n) is 8.63. The van der Waals surface area contributed by atoms with Crippen LogP contribution in [0.4, 0.5) is 11.4 Å². The number of aliphatic hydroxyl groups excluding tert-OH is 2. The van der Waals surface area contributed by atoms with Gasteiger partial charge in [-0.05, 0) is 48.6 Å². The Morgan fingerprint density at radius 2 is 1.78 bits per heavy atom. The molecule has 0 radical (unpaired) electrons. The van der Waals surface area contributed by atoms with E-state index < -0.39 is 34.6 Å². The minimum Gasteiger partial charge on any atom is -0.503 e. The lowest BCUT2D eigenvalue weighted by Gasteiger charge is -2.38. The van der Waals surface area contributed by atoms with Crippen LogP contribution >= 0.6 is 23.2 Å². The van der Waals surface area contributed by atoms with Crippen molar-refractivity contribution in [2.45, 2.75) is 31.4 Å². The summed E-state index contributed by atoms with van der Waals surface area (Å²) in [5.41, 5.74) is -1.46. The summed E-state index contributed by atoms with van der Waals surface area (Å²) >= 11 is 12.4. The van der Waals surface area contributed by atoms with Gasteiger partial charge in [-0.1, -0.05) is 36.2 Å². The molecule has 0 aromatic heterocycles. The van der Waals surface area contributed by atoms with Crippen LogP contribution in [0.2, 0.25) is 10.0 Å². The van der Waals surface area contributed by atoms with Gasteiger partial charge in [0.25, 0.3) is 11.8 Å². The van der Waals surface area contributed by atoms with Gasteiger partial charge < -0.3 is 20.3 Å². The van der Waals surface area contributed by atoms with E-state index in [0.29, 0.717) is 34.1 Å². The van der Waals surface area contributed by atoms with E-state index >= 15 is 0 Å². The van der Waals surface area contributed by atoms with Crippen molar-refractivity contribution >= 4 is 46.4 Å². The zero-order valence-electron chi connectivity index (χ0n) is 17.3. The Kier molecular flexibility index (Phi) is 4.54. The molecule has 1 aliphatic carbocycles.